The maximum Gasteiger partial charge on any atom is 0.0733 e. The summed E-state index contributed by atoms with van der Waals surface area (Å²) >= 11 is 0. The lowest BCUT2D eigenvalue weighted by atomic mass is 9.67. The van der Waals surface area contributed by atoms with Gasteiger partial charge in [-0.1, -0.05) is 91.0 Å². The summed E-state index contributed by atoms with van der Waals surface area (Å²) in [6.07, 6.45) is 3.72. The van der Waals surface area contributed by atoms with Gasteiger partial charge in [0.25, 0.3) is 0 Å². The maximum atomic E-state index is 6.74. The molecule has 1 heterocycles. The molecule has 4 aromatic carbocycles. The Hall–Kier alpha value is -4.17. The van der Waals surface area contributed by atoms with Crippen LogP contribution in [0.4, 0.5) is 5.69 Å². The van der Waals surface area contributed by atoms with Crippen LogP contribution in [0.2, 0.25) is 0 Å². The molecular formula is C30H22N2. The molecule has 0 bridgehead atoms. The molecule has 0 aliphatic heterocycles. The van der Waals surface area contributed by atoms with Crippen molar-refractivity contribution in [2.24, 2.45) is 0 Å². The van der Waals surface area contributed by atoms with Gasteiger partial charge in [0.15, 0.2) is 0 Å². The molecule has 1 aromatic heterocycles. The number of pyridine rings is 1. The Labute approximate surface area is 188 Å². The molecule has 0 saturated carbocycles. The van der Waals surface area contributed by atoms with Gasteiger partial charge in [0.2, 0.25) is 0 Å². The van der Waals surface area contributed by atoms with Crippen molar-refractivity contribution in [3.8, 4) is 22.3 Å². The lowest BCUT2D eigenvalue weighted by Crippen LogP contribution is -2.29. The van der Waals surface area contributed by atoms with Gasteiger partial charge in [-0.25, -0.2) is 0 Å². The topological polar surface area (TPSA) is 38.9 Å². The largest absolute Gasteiger partial charge is 0.398 e. The Kier molecular flexibility index (Phi) is 4.19. The van der Waals surface area contributed by atoms with E-state index in [4.69, 9.17) is 5.73 Å². The van der Waals surface area contributed by atoms with E-state index in [0.717, 1.165) is 22.4 Å². The van der Waals surface area contributed by atoms with Gasteiger partial charge in [0.05, 0.1) is 5.41 Å². The zero-order valence-corrected chi connectivity index (χ0v) is 17.6. The Morgan fingerprint density at radius 1 is 0.594 bits per heavy atom. The van der Waals surface area contributed by atoms with Crippen molar-refractivity contribution in [1.82, 2.24) is 4.98 Å². The molecule has 1 aliphatic carbocycles. The van der Waals surface area contributed by atoms with Crippen molar-refractivity contribution in [2.45, 2.75) is 5.41 Å². The molecule has 1 aliphatic rings. The van der Waals surface area contributed by atoms with Crippen LogP contribution < -0.4 is 5.73 Å². The van der Waals surface area contributed by atoms with E-state index in [1.54, 1.807) is 0 Å². The molecule has 0 spiro atoms. The zero-order chi connectivity index (χ0) is 21.5. The van der Waals surface area contributed by atoms with Gasteiger partial charge in [-0.15, -0.1) is 0 Å². The molecule has 32 heavy (non-hydrogen) atoms. The number of rotatable bonds is 3. The second-order valence-corrected chi connectivity index (χ2v) is 8.25. The van der Waals surface area contributed by atoms with Gasteiger partial charge in [0.1, 0.15) is 0 Å². The average Bonchev–Trinajstić information content (AvgIpc) is 3.17. The van der Waals surface area contributed by atoms with Gasteiger partial charge >= 0.3 is 0 Å². The first-order valence-corrected chi connectivity index (χ1v) is 10.9. The average molecular weight is 411 g/mol. The molecule has 0 radical (unpaired) electrons. The Morgan fingerprint density at radius 3 is 1.97 bits per heavy atom. The number of nitrogens with two attached hydrogens (primary N) is 1. The van der Waals surface area contributed by atoms with E-state index in [-0.39, 0.29) is 0 Å². The highest BCUT2D eigenvalue weighted by molar-refractivity contribution is 5.92. The minimum Gasteiger partial charge on any atom is -0.398 e. The Bertz CT molecular complexity index is 1370. The standard InChI is InChI=1S/C30H22N2/c31-28-15-7-14-25-26-19-21(22-9-8-18-32-20-22)16-17-27(26)30(29(25)28,23-10-3-1-4-11-23)24-12-5-2-6-13-24/h1-20H,31H2. The number of fused-ring (bicyclic) bond motifs is 3. The first-order valence-electron chi connectivity index (χ1n) is 10.9. The highest BCUT2D eigenvalue weighted by Crippen LogP contribution is 2.58. The van der Waals surface area contributed by atoms with E-state index >= 15 is 0 Å². The van der Waals surface area contributed by atoms with Crippen LogP contribution in [0, 0.1) is 0 Å². The van der Waals surface area contributed by atoms with Crippen molar-refractivity contribution in [1.29, 1.82) is 0 Å². The van der Waals surface area contributed by atoms with E-state index in [0.29, 0.717) is 0 Å². The summed E-state index contributed by atoms with van der Waals surface area (Å²) in [5.41, 5.74) is 16.6. The van der Waals surface area contributed by atoms with Crippen LogP contribution in [0.5, 0.6) is 0 Å². The molecule has 5 aromatic rings. The summed E-state index contributed by atoms with van der Waals surface area (Å²) in [6.45, 7) is 0. The third-order valence-corrected chi connectivity index (χ3v) is 6.59. The predicted molar refractivity (Wildman–Crippen MR) is 131 cm³/mol. The minimum absolute atomic E-state index is 0.466. The molecule has 2 nitrogen and oxygen atoms in total. The highest BCUT2D eigenvalue weighted by Gasteiger charge is 2.47. The van der Waals surface area contributed by atoms with E-state index in [9.17, 15) is 0 Å². The van der Waals surface area contributed by atoms with Crippen LogP contribution in [0.25, 0.3) is 22.3 Å². The third kappa shape index (κ3) is 2.56. The van der Waals surface area contributed by atoms with Gasteiger partial charge < -0.3 is 5.73 Å². The number of nitrogen functional groups attached to an aromatic ring is 1. The number of benzene rings is 4. The van der Waals surface area contributed by atoms with Gasteiger partial charge in [-0.05, 0) is 51.6 Å². The van der Waals surface area contributed by atoms with E-state index in [1.807, 2.05) is 24.5 Å². The number of aromatic nitrogens is 1. The first-order chi connectivity index (χ1) is 15.8. The van der Waals surface area contributed by atoms with Crippen molar-refractivity contribution in [3.05, 3.63) is 144 Å². The molecule has 0 unspecified atom stereocenters. The molecule has 0 fully saturated rings. The fraction of sp³-hybridized carbons (Fsp3) is 0.0333. The number of hydrogen-bond acceptors (Lipinski definition) is 2. The monoisotopic (exact) mass is 410 g/mol. The first kappa shape index (κ1) is 18.6. The van der Waals surface area contributed by atoms with Crippen LogP contribution >= 0.6 is 0 Å². The molecule has 0 amide bonds. The Morgan fingerprint density at radius 2 is 1.31 bits per heavy atom. The highest BCUT2D eigenvalue weighted by atomic mass is 14.6. The predicted octanol–water partition coefficient (Wildman–Crippen LogP) is 6.69. The Balaban J connectivity index is 1.74. The van der Waals surface area contributed by atoms with Crippen LogP contribution in [0.3, 0.4) is 0 Å². The molecule has 2 N–H and O–H groups in total. The van der Waals surface area contributed by atoms with Crippen LogP contribution in [0.1, 0.15) is 22.3 Å². The van der Waals surface area contributed by atoms with Gasteiger partial charge in [-0.3, -0.25) is 4.98 Å². The summed E-state index contributed by atoms with van der Waals surface area (Å²) < 4.78 is 0. The molecule has 6 rings (SSSR count). The lowest BCUT2D eigenvalue weighted by Gasteiger charge is -2.34. The summed E-state index contributed by atoms with van der Waals surface area (Å²) in [5.74, 6) is 0. The minimum atomic E-state index is -0.466. The fourth-order valence-electron chi connectivity index (χ4n) is 5.30. The van der Waals surface area contributed by atoms with E-state index < -0.39 is 5.41 Å². The number of anilines is 1. The second-order valence-electron chi connectivity index (χ2n) is 8.25. The smallest absolute Gasteiger partial charge is 0.0733 e. The molecule has 0 saturated heterocycles. The summed E-state index contributed by atoms with van der Waals surface area (Å²) in [4.78, 5) is 4.32. The lowest BCUT2D eigenvalue weighted by molar-refractivity contribution is 0.771. The third-order valence-electron chi connectivity index (χ3n) is 6.59. The van der Waals surface area contributed by atoms with Crippen LogP contribution in [-0.2, 0) is 5.41 Å². The quantitative estimate of drug-likeness (QED) is 0.330. The summed E-state index contributed by atoms with van der Waals surface area (Å²) in [5, 5.41) is 0. The fourth-order valence-corrected chi connectivity index (χ4v) is 5.30. The normalized spacial score (nSPS) is 13.4. The molecule has 0 atom stereocenters. The molecule has 2 heteroatoms. The summed E-state index contributed by atoms with van der Waals surface area (Å²) in [7, 11) is 0. The van der Waals surface area contributed by atoms with Crippen molar-refractivity contribution in [3.63, 3.8) is 0 Å². The van der Waals surface area contributed by atoms with Gasteiger partial charge in [-0.2, -0.15) is 0 Å². The maximum absolute atomic E-state index is 6.74. The number of nitrogens with zero attached hydrogens (tertiary/aromatic N) is 1. The number of hydrogen-bond donors (Lipinski definition) is 1. The molecule has 152 valence electrons. The summed E-state index contributed by atoms with van der Waals surface area (Å²) in [6, 6.07) is 38.6. The second kappa shape index (κ2) is 7.21. The van der Waals surface area contributed by atoms with Crippen LogP contribution in [0.15, 0.2) is 122 Å². The van der Waals surface area contributed by atoms with E-state index in [2.05, 4.69) is 102 Å². The van der Waals surface area contributed by atoms with Crippen LogP contribution in [-0.4, -0.2) is 4.98 Å². The van der Waals surface area contributed by atoms with Crippen molar-refractivity contribution >= 4 is 5.69 Å². The SMILES string of the molecule is Nc1cccc2c1C(c1ccccc1)(c1ccccc1)c1ccc(-c3cccnc3)cc1-2. The van der Waals surface area contributed by atoms with E-state index in [1.165, 1.54) is 27.8 Å². The van der Waals surface area contributed by atoms with Crippen molar-refractivity contribution in [2.75, 3.05) is 5.73 Å². The van der Waals surface area contributed by atoms with Gasteiger partial charge in [0, 0.05) is 29.2 Å². The zero-order valence-electron chi connectivity index (χ0n) is 17.6. The molecular weight excluding hydrogens is 388 g/mol. The van der Waals surface area contributed by atoms with Crippen molar-refractivity contribution < 1.29 is 0 Å².